The van der Waals surface area contributed by atoms with Crippen LogP contribution in [0.15, 0.2) is 66.7 Å². The van der Waals surface area contributed by atoms with Crippen molar-refractivity contribution in [2.24, 2.45) is 0 Å². The fraction of sp³-hybridized carbons (Fsp3) is 0.214. The van der Waals surface area contributed by atoms with Gasteiger partial charge in [0.2, 0.25) is 0 Å². The Morgan fingerprint density at radius 2 is 1.73 bits per heavy atom. The van der Waals surface area contributed by atoms with E-state index in [1.54, 1.807) is 0 Å². The third-order valence-electron chi connectivity index (χ3n) is 6.57. The number of hydrogen-bond acceptors (Lipinski definition) is 10. The molecule has 1 amide bonds. The van der Waals surface area contributed by atoms with E-state index in [2.05, 4.69) is 5.32 Å². The average Bonchev–Trinajstić information content (AvgIpc) is 2.92. The summed E-state index contributed by atoms with van der Waals surface area (Å²) in [6.45, 7) is 0. The van der Waals surface area contributed by atoms with Gasteiger partial charge in [0.05, 0.1) is 16.6 Å². The molecule has 3 aromatic carbocycles. The number of hydrogen-bond donors (Lipinski definition) is 6. The maximum Gasteiger partial charge on any atom is 0.331 e. The first-order chi connectivity index (χ1) is 19.4. The van der Waals surface area contributed by atoms with Crippen molar-refractivity contribution in [1.29, 1.82) is 0 Å². The Kier molecular flexibility index (Phi) is 8.59. The highest BCUT2D eigenvalue weighted by atomic mass is 35.5. The monoisotopic (exact) mass is 584 g/mol. The van der Waals surface area contributed by atoms with Crippen molar-refractivity contribution in [2.75, 3.05) is 5.32 Å². The number of nitro groups is 1. The van der Waals surface area contributed by atoms with Gasteiger partial charge in [-0.15, -0.1) is 0 Å². The summed E-state index contributed by atoms with van der Waals surface area (Å²) in [5.74, 6) is -2.62. The molecule has 6 N–H and O–H groups in total. The quantitative estimate of drug-likeness (QED) is 0.0788. The highest BCUT2D eigenvalue weighted by molar-refractivity contribution is 6.31. The Bertz CT molecular complexity index is 1510. The predicted molar refractivity (Wildman–Crippen MR) is 147 cm³/mol. The largest absolute Gasteiger partial charge is 0.504 e. The molecule has 0 saturated heterocycles. The number of phenols is 2. The third-order valence-corrected chi connectivity index (χ3v) is 6.81. The Morgan fingerprint density at radius 1 is 1.02 bits per heavy atom. The van der Waals surface area contributed by atoms with E-state index in [-0.39, 0.29) is 22.1 Å². The SMILES string of the molecule is O=C(/C=C/c1ccc(O)c(O)c1)O[C@@H]1C[C@](O)(C(=O)Nc2ccc(-c3ccc(Cl)cc3[N+](=O)[O-])cc2)CC(O)C1O. The zero-order valence-corrected chi connectivity index (χ0v) is 21.9. The fourth-order valence-corrected chi connectivity index (χ4v) is 4.59. The molecule has 0 bridgehead atoms. The number of ether oxygens (including phenoxy) is 1. The van der Waals surface area contributed by atoms with Crippen LogP contribution in [-0.4, -0.2) is 66.2 Å². The summed E-state index contributed by atoms with van der Waals surface area (Å²) in [5, 5.41) is 64.8. The van der Waals surface area contributed by atoms with E-state index in [1.165, 1.54) is 66.7 Å². The maximum absolute atomic E-state index is 13.0. The minimum absolute atomic E-state index is 0.199. The molecule has 4 atom stereocenters. The number of benzene rings is 3. The molecule has 0 spiro atoms. The second-order valence-electron chi connectivity index (χ2n) is 9.50. The molecule has 1 aliphatic rings. The van der Waals surface area contributed by atoms with E-state index in [0.29, 0.717) is 16.7 Å². The number of nitrogens with one attached hydrogen (secondary N) is 1. The number of nitrogens with zero attached hydrogens (tertiary/aromatic N) is 1. The van der Waals surface area contributed by atoms with Crippen LogP contribution < -0.4 is 5.32 Å². The van der Waals surface area contributed by atoms with Crippen molar-refractivity contribution < 1.29 is 44.8 Å². The molecular formula is C28H25ClN2O10. The molecule has 4 rings (SSSR count). The van der Waals surface area contributed by atoms with Crippen LogP contribution in [0.1, 0.15) is 18.4 Å². The molecule has 1 aliphatic carbocycles. The van der Waals surface area contributed by atoms with Gasteiger partial charge >= 0.3 is 5.97 Å². The number of rotatable bonds is 7. The summed E-state index contributed by atoms with van der Waals surface area (Å²) in [6.07, 6.45) is -3.42. The van der Waals surface area contributed by atoms with Crippen LogP contribution in [0.25, 0.3) is 17.2 Å². The Morgan fingerprint density at radius 3 is 2.39 bits per heavy atom. The predicted octanol–water partition coefficient (Wildman–Crippen LogP) is 3.14. The van der Waals surface area contributed by atoms with Crippen molar-refractivity contribution in [3.05, 3.63) is 87.4 Å². The molecule has 214 valence electrons. The number of carbonyl (C=O) groups excluding carboxylic acids is 2. The van der Waals surface area contributed by atoms with Gasteiger partial charge < -0.3 is 35.6 Å². The lowest BCUT2D eigenvalue weighted by Gasteiger charge is -2.40. The van der Waals surface area contributed by atoms with Gasteiger partial charge in [-0.3, -0.25) is 14.9 Å². The van der Waals surface area contributed by atoms with Crippen molar-refractivity contribution >= 4 is 40.9 Å². The van der Waals surface area contributed by atoms with Crippen LogP contribution in [0.5, 0.6) is 11.5 Å². The molecule has 3 aromatic rings. The number of aliphatic hydroxyl groups excluding tert-OH is 2. The van der Waals surface area contributed by atoms with Crippen LogP contribution in [0.2, 0.25) is 5.02 Å². The van der Waals surface area contributed by atoms with E-state index >= 15 is 0 Å². The van der Waals surface area contributed by atoms with Gasteiger partial charge in [-0.25, -0.2) is 4.79 Å². The number of esters is 1. The third kappa shape index (κ3) is 6.81. The molecule has 12 nitrogen and oxygen atoms in total. The van der Waals surface area contributed by atoms with E-state index in [1.807, 2.05) is 0 Å². The van der Waals surface area contributed by atoms with Gasteiger partial charge in [-0.2, -0.15) is 0 Å². The minimum atomic E-state index is -2.22. The standard InChI is InChI=1S/C28H25ClN2O10/c29-17-5-8-19(20(12-17)31(39)40)16-3-6-18(7-4-16)30-27(37)28(38)13-23(34)26(36)24(14-28)41-25(35)10-2-15-1-9-21(32)22(33)11-15/h1-12,23-24,26,32-34,36,38H,13-14H2,(H,30,37)/b10-2+/t23?,24-,26?,28+/m1/s1. The van der Waals surface area contributed by atoms with Crippen LogP contribution >= 0.6 is 11.6 Å². The number of carbonyl (C=O) groups is 2. The normalized spacial score (nSPS) is 22.3. The summed E-state index contributed by atoms with van der Waals surface area (Å²) in [6, 6.07) is 14.1. The van der Waals surface area contributed by atoms with Crippen molar-refractivity contribution in [3.63, 3.8) is 0 Å². The van der Waals surface area contributed by atoms with Gasteiger partial charge in [0.25, 0.3) is 11.6 Å². The first kappa shape index (κ1) is 29.5. The first-order valence-corrected chi connectivity index (χ1v) is 12.6. The zero-order chi connectivity index (χ0) is 29.9. The Balaban J connectivity index is 1.44. The average molecular weight is 585 g/mol. The van der Waals surface area contributed by atoms with Gasteiger partial charge in [-0.05, 0) is 53.6 Å². The minimum Gasteiger partial charge on any atom is -0.504 e. The molecule has 0 radical (unpaired) electrons. The summed E-state index contributed by atoms with van der Waals surface area (Å²) >= 11 is 5.87. The summed E-state index contributed by atoms with van der Waals surface area (Å²) in [4.78, 5) is 36.2. The first-order valence-electron chi connectivity index (χ1n) is 12.2. The van der Waals surface area contributed by atoms with E-state index < -0.39 is 59.3 Å². The van der Waals surface area contributed by atoms with Gasteiger partial charge in [-0.1, -0.05) is 29.8 Å². The molecule has 1 saturated carbocycles. The van der Waals surface area contributed by atoms with Crippen molar-refractivity contribution in [1.82, 2.24) is 0 Å². The number of amides is 1. The number of aromatic hydroxyl groups is 2. The smallest absolute Gasteiger partial charge is 0.331 e. The molecule has 13 heteroatoms. The molecule has 0 aliphatic heterocycles. The summed E-state index contributed by atoms with van der Waals surface area (Å²) < 4.78 is 5.20. The van der Waals surface area contributed by atoms with Crippen LogP contribution in [0.4, 0.5) is 11.4 Å². The lowest BCUT2D eigenvalue weighted by molar-refractivity contribution is -0.384. The Labute approximate surface area is 237 Å². The van der Waals surface area contributed by atoms with E-state index in [0.717, 1.165) is 6.08 Å². The zero-order valence-electron chi connectivity index (χ0n) is 21.2. The van der Waals surface area contributed by atoms with E-state index in [9.17, 15) is 45.2 Å². The fourth-order valence-electron chi connectivity index (χ4n) is 4.43. The second kappa shape index (κ2) is 11.9. The molecule has 0 heterocycles. The number of phenolic OH excluding ortho intramolecular Hbond substituents is 2. The highest BCUT2D eigenvalue weighted by Crippen LogP contribution is 2.35. The molecule has 2 unspecified atom stereocenters. The molecule has 1 fully saturated rings. The lowest BCUT2D eigenvalue weighted by Crippen LogP contribution is -2.58. The van der Waals surface area contributed by atoms with Gasteiger partial charge in [0, 0.05) is 35.7 Å². The van der Waals surface area contributed by atoms with Crippen LogP contribution in [0.3, 0.4) is 0 Å². The van der Waals surface area contributed by atoms with E-state index in [4.69, 9.17) is 16.3 Å². The number of anilines is 1. The Hall–Kier alpha value is -4.49. The summed E-state index contributed by atoms with van der Waals surface area (Å²) in [5.41, 5.74) is -1.05. The maximum atomic E-state index is 13.0. The van der Waals surface area contributed by atoms with Crippen LogP contribution in [-0.2, 0) is 14.3 Å². The molecule has 41 heavy (non-hydrogen) atoms. The molecular weight excluding hydrogens is 560 g/mol. The van der Waals surface area contributed by atoms with Gasteiger partial charge in [0.15, 0.2) is 11.5 Å². The lowest BCUT2D eigenvalue weighted by atomic mass is 9.79. The number of nitro benzene ring substituents is 1. The van der Waals surface area contributed by atoms with Crippen molar-refractivity contribution in [2.45, 2.75) is 36.8 Å². The topological polar surface area (TPSA) is 200 Å². The van der Waals surface area contributed by atoms with Crippen LogP contribution in [0, 0.1) is 10.1 Å². The second-order valence-corrected chi connectivity index (χ2v) is 9.94. The van der Waals surface area contributed by atoms with Crippen molar-refractivity contribution in [3.8, 4) is 22.6 Å². The summed E-state index contributed by atoms with van der Waals surface area (Å²) in [7, 11) is 0. The molecule has 0 aromatic heterocycles. The number of aliphatic hydroxyl groups is 3. The highest BCUT2D eigenvalue weighted by Gasteiger charge is 2.50. The van der Waals surface area contributed by atoms with Gasteiger partial charge in [0.1, 0.15) is 17.8 Å². The number of halogens is 1.